The largest absolute Gasteiger partial charge is 0.434 e. The number of alkyl halides is 3. The monoisotopic (exact) mass is 447 g/mol. The number of hydrogen-bond acceptors (Lipinski definition) is 6. The molecule has 0 radical (unpaired) electrons. The summed E-state index contributed by atoms with van der Waals surface area (Å²) in [6.07, 6.45) is 1.15. The molecule has 1 saturated carbocycles. The van der Waals surface area contributed by atoms with E-state index in [1.165, 1.54) is 31.5 Å². The highest BCUT2D eigenvalue weighted by molar-refractivity contribution is 5.62. The summed E-state index contributed by atoms with van der Waals surface area (Å²) < 4.78 is 45.1. The molecule has 0 spiro atoms. The van der Waals surface area contributed by atoms with Crippen molar-refractivity contribution in [1.29, 1.82) is 0 Å². The lowest BCUT2D eigenvalue weighted by Gasteiger charge is -2.27. The van der Waals surface area contributed by atoms with Crippen LogP contribution in [0.5, 0.6) is 0 Å². The summed E-state index contributed by atoms with van der Waals surface area (Å²) in [7, 11) is 0. The Bertz CT molecular complexity index is 903. The van der Waals surface area contributed by atoms with Crippen molar-refractivity contribution in [3.8, 4) is 11.3 Å². The molecule has 3 fully saturated rings. The summed E-state index contributed by atoms with van der Waals surface area (Å²) in [6.45, 7) is 5.30. The van der Waals surface area contributed by atoms with Crippen molar-refractivity contribution in [1.82, 2.24) is 20.1 Å². The lowest BCUT2D eigenvalue weighted by atomic mass is 10.00. The van der Waals surface area contributed by atoms with Crippen molar-refractivity contribution in [3.63, 3.8) is 0 Å². The van der Waals surface area contributed by atoms with Crippen LogP contribution in [0.25, 0.3) is 11.3 Å². The molecule has 0 amide bonds. The lowest BCUT2D eigenvalue weighted by Crippen LogP contribution is -2.32. The van der Waals surface area contributed by atoms with Gasteiger partial charge in [0.05, 0.1) is 5.69 Å². The van der Waals surface area contributed by atoms with Crippen molar-refractivity contribution < 1.29 is 17.9 Å². The van der Waals surface area contributed by atoms with Crippen molar-refractivity contribution in [2.45, 2.75) is 37.9 Å². The summed E-state index contributed by atoms with van der Waals surface area (Å²) in [6, 6.07) is 6.46. The average molecular weight is 448 g/mol. The van der Waals surface area contributed by atoms with Gasteiger partial charge >= 0.3 is 6.18 Å². The molecule has 2 aromatic heterocycles. The van der Waals surface area contributed by atoms with E-state index in [0.29, 0.717) is 23.7 Å². The Morgan fingerprint density at radius 3 is 2.44 bits per heavy atom. The normalized spacial score (nSPS) is 26.9. The van der Waals surface area contributed by atoms with E-state index in [1.807, 2.05) is 0 Å². The Kier molecular flexibility index (Phi) is 6.03. The van der Waals surface area contributed by atoms with Crippen molar-refractivity contribution in [3.05, 3.63) is 36.2 Å². The minimum absolute atomic E-state index is 0.0564. The number of anilines is 1. The minimum Gasteiger partial charge on any atom is -0.381 e. The number of nitrogens with zero attached hydrogens (tertiary/aromatic N) is 4. The first-order valence-corrected chi connectivity index (χ1v) is 11.4. The second-order valence-electron chi connectivity index (χ2n) is 9.31. The molecule has 5 rings (SSSR count). The molecule has 4 heterocycles. The zero-order valence-corrected chi connectivity index (χ0v) is 17.9. The van der Waals surface area contributed by atoms with E-state index in [2.05, 4.69) is 25.4 Å². The van der Waals surface area contributed by atoms with E-state index < -0.39 is 11.9 Å². The second kappa shape index (κ2) is 8.94. The third-order valence-corrected chi connectivity index (χ3v) is 7.05. The van der Waals surface area contributed by atoms with Crippen LogP contribution in [0.2, 0.25) is 0 Å². The highest BCUT2D eigenvalue weighted by Gasteiger charge is 2.41. The number of halogens is 3. The van der Waals surface area contributed by atoms with Gasteiger partial charge in [-0.2, -0.15) is 13.2 Å². The number of ether oxygens (including phenoxy) is 1. The third kappa shape index (κ3) is 4.73. The molecule has 6 nitrogen and oxygen atoms in total. The van der Waals surface area contributed by atoms with Crippen molar-refractivity contribution in [2.24, 2.45) is 17.8 Å². The predicted molar refractivity (Wildman–Crippen MR) is 114 cm³/mol. The summed E-state index contributed by atoms with van der Waals surface area (Å²) in [5.74, 6) is 2.77. The smallest absolute Gasteiger partial charge is 0.381 e. The van der Waals surface area contributed by atoms with Crippen LogP contribution in [0, 0.1) is 17.8 Å². The van der Waals surface area contributed by atoms with E-state index >= 15 is 0 Å². The molecule has 172 valence electrons. The fourth-order valence-electron chi connectivity index (χ4n) is 5.56. The van der Waals surface area contributed by atoms with E-state index in [4.69, 9.17) is 4.74 Å². The van der Waals surface area contributed by atoms with Gasteiger partial charge in [-0.05, 0) is 67.7 Å². The maximum absolute atomic E-state index is 13.2. The number of rotatable bonds is 5. The first-order chi connectivity index (χ1) is 15.5. The zero-order chi connectivity index (χ0) is 22.1. The van der Waals surface area contributed by atoms with Gasteiger partial charge in [0.2, 0.25) is 0 Å². The Labute approximate surface area is 185 Å². The first-order valence-electron chi connectivity index (χ1n) is 11.4. The van der Waals surface area contributed by atoms with Crippen molar-refractivity contribution >= 4 is 5.82 Å². The number of likely N-dealkylation sites (tertiary alicyclic amines) is 1. The van der Waals surface area contributed by atoms with Crippen molar-refractivity contribution in [2.75, 3.05) is 38.2 Å². The Morgan fingerprint density at radius 2 is 1.78 bits per heavy atom. The highest BCUT2D eigenvalue weighted by Crippen LogP contribution is 2.40. The lowest BCUT2D eigenvalue weighted by molar-refractivity contribution is -0.140. The van der Waals surface area contributed by atoms with Crippen LogP contribution in [0.4, 0.5) is 19.0 Å². The summed E-state index contributed by atoms with van der Waals surface area (Å²) in [4.78, 5) is 6.12. The Balaban J connectivity index is 1.16. The van der Waals surface area contributed by atoms with Crippen LogP contribution in [0.3, 0.4) is 0 Å². The molecule has 9 heteroatoms. The molecule has 1 N–H and O–H groups in total. The van der Waals surface area contributed by atoms with Gasteiger partial charge in [0.1, 0.15) is 5.82 Å². The number of nitrogens with one attached hydrogen (secondary N) is 1. The number of hydrogen-bond donors (Lipinski definition) is 1. The molecule has 2 atom stereocenters. The molecule has 0 bridgehead atoms. The van der Waals surface area contributed by atoms with Crippen LogP contribution in [0.1, 0.15) is 31.4 Å². The van der Waals surface area contributed by atoms with E-state index in [0.717, 1.165) is 51.3 Å². The Hall–Kier alpha value is -2.26. The second-order valence-corrected chi connectivity index (χ2v) is 9.31. The molecule has 32 heavy (non-hydrogen) atoms. The van der Waals surface area contributed by atoms with Crippen LogP contribution in [-0.2, 0) is 10.9 Å². The predicted octanol–water partition coefficient (Wildman–Crippen LogP) is 4.11. The Morgan fingerprint density at radius 1 is 1.03 bits per heavy atom. The third-order valence-electron chi connectivity index (χ3n) is 7.05. The van der Waals surface area contributed by atoms with Gasteiger partial charge in [-0.1, -0.05) is 0 Å². The van der Waals surface area contributed by atoms with Gasteiger partial charge in [0.25, 0.3) is 0 Å². The molecule has 1 aliphatic carbocycles. The summed E-state index contributed by atoms with van der Waals surface area (Å²) in [5, 5.41) is 11.6. The molecule has 2 aromatic rings. The molecule has 2 unspecified atom stereocenters. The van der Waals surface area contributed by atoms with E-state index in [-0.39, 0.29) is 11.3 Å². The van der Waals surface area contributed by atoms with Crippen LogP contribution in [0.15, 0.2) is 30.5 Å². The molecule has 2 saturated heterocycles. The molecule has 3 aliphatic rings. The number of aromatic nitrogens is 3. The van der Waals surface area contributed by atoms with Gasteiger partial charge in [-0.3, -0.25) is 4.98 Å². The molecular formula is C23H28F3N5O. The first kappa shape index (κ1) is 21.6. The van der Waals surface area contributed by atoms with Crippen LogP contribution >= 0.6 is 0 Å². The maximum atomic E-state index is 13.2. The van der Waals surface area contributed by atoms with Gasteiger partial charge < -0.3 is 15.0 Å². The van der Waals surface area contributed by atoms with Gasteiger partial charge in [-0.15, -0.1) is 10.2 Å². The molecule has 2 aliphatic heterocycles. The summed E-state index contributed by atoms with van der Waals surface area (Å²) >= 11 is 0. The number of pyridine rings is 1. The van der Waals surface area contributed by atoms with Gasteiger partial charge in [0, 0.05) is 50.7 Å². The SMILES string of the molecule is FC(F)(F)c1ncccc1-c1ccc(NC2CC3CN(CC4CCOCC4)CC3C2)nn1. The standard InChI is InChI=1S/C23H28F3N5O/c24-23(25,26)22-19(2-1-7-27-22)20-3-4-21(30-29-20)28-18-10-16-13-31(14-17(16)11-18)12-15-5-8-32-9-6-15/h1-4,7,15-18H,5-6,8-14H2,(H,28,30). The number of fused-ring (bicyclic) bond motifs is 1. The molecule has 0 aromatic carbocycles. The quantitative estimate of drug-likeness (QED) is 0.745. The topological polar surface area (TPSA) is 63.2 Å². The van der Waals surface area contributed by atoms with Crippen LogP contribution in [-0.4, -0.2) is 59.0 Å². The fourth-order valence-corrected chi connectivity index (χ4v) is 5.56. The molecular weight excluding hydrogens is 419 g/mol. The van der Waals surface area contributed by atoms with Crippen LogP contribution < -0.4 is 5.32 Å². The maximum Gasteiger partial charge on any atom is 0.434 e. The van der Waals surface area contributed by atoms with E-state index in [1.54, 1.807) is 12.1 Å². The zero-order valence-electron chi connectivity index (χ0n) is 17.9. The van der Waals surface area contributed by atoms with Gasteiger partial charge in [0.15, 0.2) is 5.69 Å². The highest BCUT2D eigenvalue weighted by atomic mass is 19.4. The van der Waals surface area contributed by atoms with Gasteiger partial charge in [-0.25, -0.2) is 0 Å². The van der Waals surface area contributed by atoms with E-state index in [9.17, 15) is 13.2 Å². The summed E-state index contributed by atoms with van der Waals surface area (Å²) in [5.41, 5.74) is -0.828. The fraction of sp³-hybridized carbons (Fsp3) is 0.609. The average Bonchev–Trinajstić information content (AvgIpc) is 3.32. The minimum atomic E-state index is -4.53.